The van der Waals surface area contributed by atoms with E-state index in [-0.39, 0.29) is 5.92 Å². The minimum atomic E-state index is -0.778. The predicted octanol–water partition coefficient (Wildman–Crippen LogP) is 2.83. The van der Waals surface area contributed by atoms with Crippen LogP contribution in [0.3, 0.4) is 0 Å². The molecule has 0 aliphatic heterocycles. The smallest absolute Gasteiger partial charge is 0.311 e. The first-order chi connectivity index (χ1) is 7.47. The summed E-state index contributed by atoms with van der Waals surface area (Å²) in [5.41, 5.74) is 1.80. The van der Waals surface area contributed by atoms with Gasteiger partial charge in [-0.1, -0.05) is 26.0 Å². The van der Waals surface area contributed by atoms with Crippen molar-refractivity contribution in [1.29, 1.82) is 0 Å². The molecule has 0 aliphatic rings. The number of aryl methyl sites for hydroxylation is 1. The molecule has 0 heterocycles. The Bertz CT molecular complexity index is 383. The summed E-state index contributed by atoms with van der Waals surface area (Å²) in [6.07, 6.45) is 0. The molecule has 0 saturated carbocycles. The summed E-state index contributed by atoms with van der Waals surface area (Å²) in [5.74, 6) is -0.369. The van der Waals surface area contributed by atoms with Crippen LogP contribution in [-0.2, 0) is 4.79 Å². The monoisotopic (exact) mass is 222 g/mol. The molecular formula is C13H18O3. The van der Waals surface area contributed by atoms with Gasteiger partial charge in [0.2, 0.25) is 0 Å². The van der Waals surface area contributed by atoms with E-state index in [0.717, 1.165) is 16.9 Å². The van der Waals surface area contributed by atoms with E-state index >= 15 is 0 Å². The number of carboxylic acids is 1. The molecule has 1 rings (SSSR count). The largest absolute Gasteiger partial charge is 0.496 e. The minimum absolute atomic E-state index is 0.0743. The van der Waals surface area contributed by atoms with Crippen molar-refractivity contribution >= 4 is 5.97 Å². The number of carbonyl (C=O) groups is 1. The first kappa shape index (κ1) is 12.6. The van der Waals surface area contributed by atoms with E-state index in [4.69, 9.17) is 4.74 Å². The zero-order chi connectivity index (χ0) is 12.3. The molecule has 0 aliphatic carbocycles. The zero-order valence-electron chi connectivity index (χ0n) is 10.2. The molecule has 3 nitrogen and oxygen atoms in total. The lowest BCUT2D eigenvalue weighted by molar-refractivity contribution is -0.139. The maximum Gasteiger partial charge on any atom is 0.311 e. The number of hydrogen-bond donors (Lipinski definition) is 1. The molecule has 0 amide bonds. The van der Waals surface area contributed by atoms with Crippen LogP contribution < -0.4 is 4.74 Å². The Balaban J connectivity index is 3.12. The highest BCUT2D eigenvalue weighted by Gasteiger charge is 2.23. The third-order valence-corrected chi connectivity index (χ3v) is 2.71. The van der Waals surface area contributed by atoms with E-state index in [2.05, 4.69) is 0 Å². The average molecular weight is 222 g/mol. The predicted molar refractivity (Wildman–Crippen MR) is 62.9 cm³/mol. The molecule has 1 atom stereocenters. The van der Waals surface area contributed by atoms with Crippen molar-refractivity contribution in [3.63, 3.8) is 0 Å². The number of rotatable bonds is 4. The van der Waals surface area contributed by atoms with Gasteiger partial charge in [-0.3, -0.25) is 4.79 Å². The molecule has 88 valence electrons. The van der Waals surface area contributed by atoms with E-state index in [1.807, 2.05) is 39.0 Å². The fraction of sp³-hybridized carbons (Fsp3) is 0.462. The van der Waals surface area contributed by atoms with E-state index in [0.29, 0.717) is 0 Å². The fourth-order valence-corrected chi connectivity index (χ4v) is 1.91. The van der Waals surface area contributed by atoms with Crippen molar-refractivity contribution in [3.8, 4) is 5.75 Å². The molecule has 0 radical (unpaired) electrons. The Labute approximate surface area is 96.1 Å². The van der Waals surface area contributed by atoms with Gasteiger partial charge in [-0.2, -0.15) is 0 Å². The number of ether oxygens (including phenoxy) is 1. The molecule has 1 aromatic rings. The van der Waals surface area contributed by atoms with Crippen LogP contribution in [0.4, 0.5) is 0 Å². The lowest BCUT2D eigenvalue weighted by atomic mass is 9.88. The van der Waals surface area contributed by atoms with E-state index < -0.39 is 11.9 Å². The van der Waals surface area contributed by atoms with Crippen molar-refractivity contribution in [2.24, 2.45) is 5.92 Å². The molecule has 1 aromatic carbocycles. The van der Waals surface area contributed by atoms with E-state index in [1.165, 1.54) is 0 Å². The number of methoxy groups -OCH3 is 1. The topological polar surface area (TPSA) is 46.5 Å². The van der Waals surface area contributed by atoms with Gasteiger partial charge in [-0.15, -0.1) is 0 Å². The van der Waals surface area contributed by atoms with Gasteiger partial charge in [-0.25, -0.2) is 0 Å². The maximum absolute atomic E-state index is 11.2. The third-order valence-electron chi connectivity index (χ3n) is 2.71. The Morgan fingerprint density at radius 3 is 2.38 bits per heavy atom. The third kappa shape index (κ3) is 2.54. The summed E-state index contributed by atoms with van der Waals surface area (Å²) in [4.78, 5) is 11.2. The molecular weight excluding hydrogens is 204 g/mol. The molecule has 16 heavy (non-hydrogen) atoms. The van der Waals surface area contributed by atoms with Gasteiger partial charge in [-0.05, 0) is 30.0 Å². The molecule has 0 aromatic heterocycles. The van der Waals surface area contributed by atoms with Crippen LogP contribution in [0.25, 0.3) is 0 Å². The molecule has 0 spiro atoms. The fourth-order valence-electron chi connectivity index (χ4n) is 1.91. The number of hydrogen-bond acceptors (Lipinski definition) is 2. The molecule has 1 unspecified atom stereocenters. The summed E-state index contributed by atoms with van der Waals surface area (Å²) in [6.45, 7) is 5.75. The second kappa shape index (κ2) is 5.01. The maximum atomic E-state index is 11.2. The molecule has 0 fully saturated rings. The van der Waals surface area contributed by atoms with Crippen molar-refractivity contribution in [1.82, 2.24) is 0 Å². The van der Waals surface area contributed by atoms with Gasteiger partial charge in [0.1, 0.15) is 5.75 Å². The minimum Gasteiger partial charge on any atom is -0.496 e. The Hall–Kier alpha value is -1.51. The SMILES string of the molecule is COc1ccc(C(C(=O)O)C(C)C)cc1C. The van der Waals surface area contributed by atoms with Crippen LogP contribution in [0.15, 0.2) is 18.2 Å². The van der Waals surface area contributed by atoms with Crippen LogP contribution in [0.5, 0.6) is 5.75 Å². The highest BCUT2D eigenvalue weighted by molar-refractivity contribution is 5.76. The van der Waals surface area contributed by atoms with Gasteiger partial charge >= 0.3 is 5.97 Å². The second-order valence-electron chi connectivity index (χ2n) is 4.29. The average Bonchev–Trinajstić information content (AvgIpc) is 2.16. The molecule has 1 N–H and O–H groups in total. The molecule has 0 saturated heterocycles. The first-order valence-corrected chi connectivity index (χ1v) is 5.34. The normalized spacial score (nSPS) is 12.6. The van der Waals surface area contributed by atoms with E-state index in [1.54, 1.807) is 7.11 Å². The van der Waals surface area contributed by atoms with E-state index in [9.17, 15) is 9.90 Å². The highest BCUT2D eigenvalue weighted by atomic mass is 16.5. The summed E-state index contributed by atoms with van der Waals surface area (Å²) in [6, 6.07) is 5.53. The van der Waals surface area contributed by atoms with Gasteiger partial charge in [0.25, 0.3) is 0 Å². The van der Waals surface area contributed by atoms with Crippen LogP contribution in [0.2, 0.25) is 0 Å². The van der Waals surface area contributed by atoms with Crippen molar-refractivity contribution < 1.29 is 14.6 Å². The van der Waals surface area contributed by atoms with Gasteiger partial charge in [0.05, 0.1) is 13.0 Å². The van der Waals surface area contributed by atoms with Crippen molar-refractivity contribution in [2.45, 2.75) is 26.7 Å². The summed E-state index contributed by atoms with van der Waals surface area (Å²) >= 11 is 0. The number of aliphatic carboxylic acids is 1. The second-order valence-corrected chi connectivity index (χ2v) is 4.29. The van der Waals surface area contributed by atoms with Crippen LogP contribution in [-0.4, -0.2) is 18.2 Å². The summed E-state index contributed by atoms with van der Waals surface area (Å²) in [7, 11) is 1.61. The lowest BCUT2D eigenvalue weighted by Crippen LogP contribution is -2.17. The number of carboxylic acid groups (broad SMARTS) is 1. The van der Waals surface area contributed by atoms with Crippen LogP contribution in [0.1, 0.15) is 30.9 Å². The summed E-state index contributed by atoms with van der Waals surface area (Å²) in [5, 5.41) is 9.18. The van der Waals surface area contributed by atoms with Gasteiger partial charge in [0.15, 0.2) is 0 Å². The number of benzene rings is 1. The Kier molecular flexibility index (Phi) is 3.93. The zero-order valence-corrected chi connectivity index (χ0v) is 10.2. The standard InChI is InChI=1S/C13H18O3/c1-8(2)12(13(14)15)10-5-6-11(16-4)9(3)7-10/h5-8,12H,1-4H3,(H,14,15). The van der Waals surface area contributed by atoms with Gasteiger partial charge in [0, 0.05) is 0 Å². The molecule has 0 bridgehead atoms. The quantitative estimate of drug-likeness (QED) is 0.852. The summed E-state index contributed by atoms with van der Waals surface area (Å²) < 4.78 is 5.15. The Morgan fingerprint density at radius 1 is 1.38 bits per heavy atom. The van der Waals surface area contributed by atoms with Crippen LogP contribution >= 0.6 is 0 Å². The molecule has 3 heteroatoms. The first-order valence-electron chi connectivity index (χ1n) is 5.34. The highest BCUT2D eigenvalue weighted by Crippen LogP contribution is 2.28. The van der Waals surface area contributed by atoms with Gasteiger partial charge < -0.3 is 9.84 Å². The lowest BCUT2D eigenvalue weighted by Gasteiger charge is -2.17. The Morgan fingerprint density at radius 2 is 2.00 bits per heavy atom. The van der Waals surface area contributed by atoms with Crippen LogP contribution in [0, 0.1) is 12.8 Å². The van der Waals surface area contributed by atoms with Crippen molar-refractivity contribution in [3.05, 3.63) is 29.3 Å². The van der Waals surface area contributed by atoms with Crippen molar-refractivity contribution in [2.75, 3.05) is 7.11 Å².